The molecule has 7 heteroatoms. The highest BCUT2D eigenvalue weighted by atomic mass is 16.6. The summed E-state index contributed by atoms with van der Waals surface area (Å²) in [5.41, 5.74) is 5.90. The van der Waals surface area contributed by atoms with Gasteiger partial charge in [0.1, 0.15) is 12.0 Å². The Morgan fingerprint density at radius 2 is 2.22 bits per heavy atom. The Bertz CT molecular complexity index is 393. The third-order valence-electron chi connectivity index (χ3n) is 2.61. The van der Waals surface area contributed by atoms with E-state index in [4.69, 9.17) is 5.73 Å². The van der Waals surface area contributed by atoms with Gasteiger partial charge in [0, 0.05) is 12.1 Å². The summed E-state index contributed by atoms with van der Waals surface area (Å²) in [7, 11) is 3.84. The first kappa shape index (κ1) is 14.3. The number of pyridine rings is 1. The summed E-state index contributed by atoms with van der Waals surface area (Å²) in [6.07, 6.45) is 1.96. The molecule has 2 unspecified atom stereocenters. The Morgan fingerprint density at radius 1 is 1.56 bits per heavy atom. The molecule has 0 aliphatic heterocycles. The number of nitrogens with one attached hydrogen (secondary N) is 1. The average Bonchev–Trinajstić information content (AvgIpc) is 2.29. The number of hydrogen-bond acceptors (Lipinski definition) is 6. The number of nitrogens with two attached hydrogens (primary N) is 1. The van der Waals surface area contributed by atoms with E-state index in [0.29, 0.717) is 5.82 Å². The monoisotopic (exact) mass is 253 g/mol. The molecule has 3 N–H and O–H groups in total. The van der Waals surface area contributed by atoms with Crippen molar-refractivity contribution < 1.29 is 4.92 Å². The van der Waals surface area contributed by atoms with Crippen molar-refractivity contribution in [3.05, 3.63) is 28.4 Å². The lowest BCUT2D eigenvalue weighted by atomic mass is 10.2. The van der Waals surface area contributed by atoms with Gasteiger partial charge in [0.2, 0.25) is 0 Å². The van der Waals surface area contributed by atoms with E-state index in [1.54, 1.807) is 6.07 Å². The molecule has 1 aromatic rings. The van der Waals surface area contributed by atoms with Gasteiger partial charge in [-0.25, -0.2) is 4.98 Å². The van der Waals surface area contributed by atoms with Crippen molar-refractivity contribution in [3.8, 4) is 0 Å². The lowest BCUT2D eigenvalue weighted by molar-refractivity contribution is -0.385. The average molecular weight is 253 g/mol. The van der Waals surface area contributed by atoms with Gasteiger partial charge < -0.3 is 11.1 Å². The van der Waals surface area contributed by atoms with Crippen LogP contribution in [0.5, 0.6) is 0 Å². The Morgan fingerprint density at radius 3 is 2.67 bits per heavy atom. The molecule has 0 aliphatic carbocycles. The van der Waals surface area contributed by atoms with E-state index < -0.39 is 4.92 Å². The van der Waals surface area contributed by atoms with E-state index in [-0.39, 0.29) is 17.9 Å². The topological polar surface area (TPSA) is 97.3 Å². The first-order chi connectivity index (χ1) is 8.40. The fraction of sp³-hybridized carbons (Fsp3) is 0.545. The summed E-state index contributed by atoms with van der Waals surface area (Å²) in [5.74, 6) is 0.610. The third kappa shape index (κ3) is 4.27. The second kappa shape index (κ2) is 6.27. The van der Waals surface area contributed by atoms with Crippen molar-refractivity contribution in [3.63, 3.8) is 0 Å². The van der Waals surface area contributed by atoms with Crippen LogP contribution >= 0.6 is 0 Å². The van der Waals surface area contributed by atoms with Crippen LogP contribution in [0, 0.1) is 10.1 Å². The molecule has 2 atom stereocenters. The predicted octanol–water partition coefficient (Wildman–Crippen LogP) is 1.03. The second-order valence-electron chi connectivity index (χ2n) is 4.47. The van der Waals surface area contributed by atoms with Crippen LogP contribution in [-0.2, 0) is 0 Å². The molecule has 18 heavy (non-hydrogen) atoms. The Labute approximate surface area is 106 Å². The lowest BCUT2D eigenvalue weighted by Crippen LogP contribution is -2.40. The molecule has 0 fully saturated rings. The van der Waals surface area contributed by atoms with Gasteiger partial charge in [-0.2, -0.15) is 0 Å². The zero-order chi connectivity index (χ0) is 13.7. The molecule has 0 radical (unpaired) electrons. The highest BCUT2D eigenvalue weighted by Gasteiger charge is 2.12. The molecule has 7 nitrogen and oxygen atoms in total. The molecule has 1 heterocycles. The molecule has 0 saturated heterocycles. The van der Waals surface area contributed by atoms with E-state index in [2.05, 4.69) is 10.3 Å². The number of anilines is 1. The highest BCUT2D eigenvalue weighted by molar-refractivity contribution is 5.40. The van der Waals surface area contributed by atoms with Gasteiger partial charge in [-0.3, -0.25) is 15.0 Å². The first-order valence-corrected chi connectivity index (χ1v) is 5.69. The molecule has 0 spiro atoms. The van der Waals surface area contributed by atoms with E-state index in [1.165, 1.54) is 12.3 Å². The minimum Gasteiger partial charge on any atom is -0.368 e. The smallest absolute Gasteiger partial charge is 0.287 e. The maximum atomic E-state index is 10.5. The van der Waals surface area contributed by atoms with Crippen molar-refractivity contribution >= 4 is 11.5 Å². The van der Waals surface area contributed by atoms with E-state index >= 15 is 0 Å². The van der Waals surface area contributed by atoms with Crippen LogP contribution in [0.2, 0.25) is 0 Å². The van der Waals surface area contributed by atoms with Crippen molar-refractivity contribution in [1.29, 1.82) is 0 Å². The zero-order valence-corrected chi connectivity index (χ0v) is 10.8. The number of rotatable bonds is 6. The Hall–Kier alpha value is -1.73. The Balaban J connectivity index is 2.54. The van der Waals surface area contributed by atoms with Crippen LogP contribution in [0.15, 0.2) is 18.3 Å². The minimum atomic E-state index is -0.470. The van der Waals surface area contributed by atoms with Crippen LogP contribution in [0.4, 0.5) is 11.5 Å². The van der Waals surface area contributed by atoms with Gasteiger partial charge in [-0.05, 0) is 33.5 Å². The van der Waals surface area contributed by atoms with Crippen LogP contribution < -0.4 is 11.1 Å². The maximum Gasteiger partial charge on any atom is 0.287 e. The SMILES string of the molecule is CC(CC(N)N(C)C)Nc1ccc([N+](=O)[O-])cn1. The Kier molecular flexibility index (Phi) is 4.99. The van der Waals surface area contributed by atoms with Gasteiger partial charge >= 0.3 is 0 Å². The zero-order valence-electron chi connectivity index (χ0n) is 10.8. The molecule has 0 saturated carbocycles. The van der Waals surface area contributed by atoms with E-state index in [9.17, 15) is 10.1 Å². The van der Waals surface area contributed by atoms with Crippen LogP contribution in [0.3, 0.4) is 0 Å². The van der Waals surface area contributed by atoms with Crippen LogP contribution in [-0.4, -0.2) is 41.1 Å². The van der Waals surface area contributed by atoms with Gasteiger partial charge in [-0.1, -0.05) is 0 Å². The van der Waals surface area contributed by atoms with Gasteiger partial charge in [0.15, 0.2) is 0 Å². The largest absolute Gasteiger partial charge is 0.368 e. The standard InChI is InChI=1S/C11H19N5O2/c1-8(6-10(12)15(2)3)14-11-5-4-9(7-13-11)16(17)18/h4-5,7-8,10H,6,12H2,1-3H3,(H,13,14). The number of nitro groups is 1. The summed E-state index contributed by atoms with van der Waals surface area (Å²) < 4.78 is 0. The van der Waals surface area contributed by atoms with Gasteiger partial charge in [0.25, 0.3) is 5.69 Å². The summed E-state index contributed by atoms with van der Waals surface area (Å²) in [5, 5.41) is 13.6. The molecule has 0 aromatic carbocycles. The molecule has 100 valence electrons. The van der Waals surface area contributed by atoms with Crippen LogP contribution in [0.25, 0.3) is 0 Å². The quantitative estimate of drug-likeness (QED) is 0.446. The molecule has 0 bridgehead atoms. The summed E-state index contributed by atoms with van der Waals surface area (Å²) >= 11 is 0. The summed E-state index contributed by atoms with van der Waals surface area (Å²) in [4.78, 5) is 15.9. The van der Waals surface area contributed by atoms with Crippen molar-refractivity contribution in [2.45, 2.75) is 25.6 Å². The molecular formula is C11H19N5O2. The lowest BCUT2D eigenvalue weighted by Gasteiger charge is -2.23. The number of hydrogen-bond donors (Lipinski definition) is 2. The predicted molar refractivity (Wildman–Crippen MR) is 70.3 cm³/mol. The van der Waals surface area contributed by atoms with Crippen molar-refractivity contribution in [2.24, 2.45) is 5.73 Å². The molecule has 0 amide bonds. The molecule has 1 aromatic heterocycles. The van der Waals surface area contributed by atoms with E-state index in [0.717, 1.165) is 6.42 Å². The number of nitrogens with zero attached hydrogens (tertiary/aromatic N) is 3. The number of aromatic nitrogens is 1. The fourth-order valence-corrected chi connectivity index (χ4v) is 1.46. The second-order valence-corrected chi connectivity index (χ2v) is 4.47. The third-order valence-corrected chi connectivity index (χ3v) is 2.61. The summed E-state index contributed by atoms with van der Waals surface area (Å²) in [6.45, 7) is 1.99. The molecule has 1 rings (SSSR count). The fourth-order valence-electron chi connectivity index (χ4n) is 1.46. The minimum absolute atomic E-state index is 0.0156. The van der Waals surface area contributed by atoms with Gasteiger partial charge in [-0.15, -0.1) is 0 Å². The first-order valence-electron chi connectivity index (χ1n) is 5.69. The van der Waals surface area contributed by atoms with Crippen molar-refractivity contribution in [2.75, 3.05) is 19.4 Å². The van der Waals surface area contributed by atoms with E-state index in [1.807, 2.05) is 25.9 Å². The normalized spacial score (nSPS) is 14.3. The highest BCUT2D eigenvalue weighted by Crippen LogP contribution is 2.13. The summed E-state index contributed by atoms with van der Waals surface area (Å²) in [6, 6.07) is 3.15. The van der Waals surface area contributed by atoms with Crippen molar-refractivity contribution in [1.82, 2.24) is 9.88 Å². The molecule has 0 aliphatic rings. The maximum absolute atomic E-state index is 10.5. The molecular weight excluding hydrogens is 234 g/mol. The van der Waals surface area contributed by atoms with Gasteiger partial charge in [0.05, 0.1) is 11.1 Å². The van der Waals surface area contributed by atoms with Crippen LogP contribution in [0.1, 0.15) is 13.3 Å².